The van der Waals surface area contributed by atoms with Crippen LogP contribution in [0.15, 0.2) is 18.2 Å². The van der Waals surface area contributed by atoms with E-state index in [1.54, 1.807) is 0 Å². The standard InChI is InChI=1S/C13H15F4N/c14-2-1-3-18-7-10(8-18)13(17)9-4-11(15)6-12(16)5-9/h4-6,10,13H,1-3,7-8H2/t13-/m1/s1. The molecule has 1 atom stereocenters. The molecule has 0 unspecified atom stereocenters. The molecule has 0 amide bonds. The molecule has 1 saturated heterocycles. The Morgan fingerprint density at radius 3 is 2.33 bits per heavy atom. The Labute approximate surface area is 103 Å². The molecule has 0 aromatic heterocycles. The number of likely N-dealkylation sites (tertiary alicyclic amines) is 1. The molecule has 0 N–H and O–H groups in total. The number of nitrogens with zero attached hydrogens (tertiary/aromatic N) is 1. The average Bonchev–Trinajstić information content (AvgIpc) is 2.25. The van der Waals surface area contributed by atoms with Crippen LogP contribution in [0.4, 0.5) is 17.6 Å². The summed E-state index contributed by atoms with van der Waals surface area (Å²) < 4.78 is 51.9. The number of hydrogen-bond acceptors (Lipinski definition) is 1. The van der Waals surface area contributed by atoms with Crippen molar-refractivity contribution in [2.45, 2.75) is 12.6 Å². The molecule has 1 nitrogen and oxygen atoms in total. The molecule has 0 radical (unpaired) electrons. The zero-order chi connectivity index (χ0) is 13.1. The summed E-state index contributed by atoms with van der Waals surface area (Å²) in [6, 6.07) is 2.78. The molecule has 1 heterocycles. The molecule has 0 saturated carbocycles. The van der Waals surface area contributed by atoms with Crippen LogP contribution in [0.1, 0.15) is 18.2 Å². The van der Waals surface area contributed by atoms with Crippen molar-refractivity contribution in [2.75, 3.05) is 26.3 Å². The van der Waals surface area contributed by atoms with Gasteiger partial charge >= 0.3 is 0 Å². The van der Waals surface area contributed by atoms with Crippen LogP contribution in [0, 0.1) is 17.6 Å². The zero-order valence-electron chi connectivity index (χ0n) is 9.88. The van der Waals surface area contributed by atoms with Gasteiger partial charge in [-0.2, -0.15) is 0 Å². The van der Waals surface area contributed by atoms with E-state index in [1.165, 1.54) is 0 Å². The quantitative estimate of drug-likeness (QED) is 0.735. The van der Waals surface area contributed by atoms with Gasteiger partial charge in [-0.15, -0.1) is 0 Å². The Balaban J connectivity index is 1.91. The molecule has 2 rings (SSSR count). The third-order valence-electron chi connectivity index (χ3n) is 3.21. The fourth-order valence-corrected chi connectivity index (χ4v) is 2.27. The van der Waals surface area contributed by atoms with Crippen molar-refractivity contribution < 1.29 is 17.6 Å². The van der Waals surface area contributed by atoms with Crippen molar-refractivity contribution >= 4 is 0 Å². The second-order valence-electron chi connectivity index (χ2n) is 4.67. The highest BCUT2D eigenvalue weighted by Crippen LogP contribution is 2.33. The highest BCUT2D eigenvalue weighted by Gasteiger charge is 2.34. The van der Waals surface area contributed by atoms with Crippen LogP contribution in [0.25, 0.3) is 0 Å². The van der Waals surface area contributed by atoms with Gasteiger partial charge in [-0.1, -0.05) is 0 Å². The normalized spacial score (nSPS) is 18.7. The van der Waals surface area contributed by atoms with E-state index in [4.69, 9.17) is 0 Å². The third kappa shape index (κ3) is 3.02. The van der Waals surface area contributed by atoms with Gasteiger partial charge in [-0.05, 0) is 24.1 Å². The lowest BCUT2D eigenvalue weighted by molar-refractivity contribution is 0.0361. The highest BCUT2D eigenvalue weighted by atomic mass is 19.1. The molecular weight excluding hydrogens is 246 g/mol. The maximum Gasteiger partial charge on any atom is 0.131 e. The van der Waals surface area contributed by atoms with Crippen LogP contribution in [0.5, 0.6) is 0 Å². The lowest BCUT2D eigenvalue weighted by Gasteiger charge is -2.40. The minimum absolute atomic E-state index is 0.0441. The third-order valence-corrected chi connectivity index (χ3v) is 3.21. The second kappa shape index (κ2) is 5.69. The smallest absolute Gasteiger partial charge is 0.131 e. The maximum absolute atomic E-state index is 14.0. The van der Waals surface area contributed by atoms with Gasteiger partial charge in [0.25, 0.3) is 0 Å². The topological polar surface area (TPSA) is 3.24 Å². The van der Waals surface area contributed by atoms with Crippen molar-refractivity contribution in [2.24, 2.45) is 5.92 Å². The van der Waals surface area contributed by atoms with Gasteiger partial charge < -0.3 is 4.90 Å². The fraction of sp³-hybridized carbons (Fsp3) is 0.538. The molecule has 0 bridgehead atoms. The van der Waals surface area contributed by atoms with Gasteiger partial charge in [0.1, 0.15) is 17.8 Å². The van der Waals surface area contributed by atoms with E-state index in [0.717, 1.165) is 18.2 Å². The SMILES string of the molecule is FCCCN1CC([C@H](F)c2cc(F)cc(F)c2)C1. The first-order valence-electron chi connectivity index (χ1n) is 5.98. The molecule has 5 heteroatoms. The zero-order valence-corrected chi connectivity index (χ0v) is 9.88. The highest BCUT2D eigenvalue weighted by molar-refractivity contribution is 5.21. The van der Waals surface area contributed by atoms with Crippen molar-refractivity contribution in [3.63, 3.8) is 0 Å². The molecule has 0 spiro atoms. The first-order chi connectivity index (χ1) is 8.60. The molecule has 18 heavy (non-hydrogen) atoms. The largest absolute Gasteiger partial charge is 0.302 e. The van der Waals surface area contributed by atoms with Crippen LogP contribution >= 0.6 is 0 Å². The Hall–Kier alpha value is -1.10. The van der Waals surface area contributed by atoms with Crippen molar-refractivity contribution in [3.8, 4) is 0 Å². The van der Waals surface area contributed by atoms with Crippen LogP contribution in [-0.2, 0) is 0 Å². The Morgan fingerprint density at radius 1 is 1.17 bits per heavy atom. The summed E-state index contributed by atoms with van der Waals surface area (Å²) in [6.45, 7) is 1.26. The summed E-state index contributed by atoms with van der Waals surface area (Å²) in [5, 5.41) is 0. The maximum atomic E-state index is 14.0. The van der Waals surface area contributed by atoms with Crippen molar-refractivity contribution in [1.82, 2.24) is 4.90 Å². The van der Waals surface area contributed by atoms with Crippen LogP contribution in [0.3, 0.4) is 0 Å². The van der Waals surface area contributed by atoms with E-state index >= 15 is 0 Å². The first-order valence-corrected chi connectivity index (χ1v) is 5.98. The minimum atomic E-state index is -1.36. The number of rotatable bonds is 5. The fourth-order valence-electron chi connectivity index (χ4n) is 2.27. The summed E-state index contributed by atoms with van der Waals surface area (Å²) in [7, 11) is 0. The van der Waals surface area contributed by atoms with Gasteiger partial charge in [-0.25, -0.2) is 13.2 Å². The van der Waals surface area contributed by atoms with E-state index in [1.807, 2.05) is 4.90 Å². The van der Waals surface area contributed by atoms with Crippen LogP contribution in [0.2, 0.25) is 0 Å². The van der Waals surface area contributed by atoms with Gasteiger partial charge in [0.2, 0.25) is 0 Å². The first kappa shape index (κ1) is 13.3. The number of halogens is 4. The average molecular weight is 261 g/mol. The van der Waals surface area contributed by atoms with Gasteiger partial charge in [-0.3, -0.25) is 4.39 Å². The molecule has 1 aliphatic heterocycles. The molecular formula is C13H15F4N. The number of alkyl halides is 2. The van der Waals surface area contributed by atoms with E-state index in [0.29, 0.717) is 26.1 Å². The number of benzene rings is 1. The molecule has 0 aliphatic carbocycles. The van der Waals surface area contributed by atoms with Crippen LogP contribution in [-0.4, -0.2) is 31.2 Å². The second-order valence-corrected chi connectivity index (χ2v) is 4.67. The lowest BCUT2D eigenvalue weighted by atomic mass is 9.90. The Morgan fingerprint density at radius 2 is 1.78 bits per heavy atom. The van der Waals surface area contributed by atoms with Crippen LogP contribution < -0.4 is 0 Å². The Bertz CT molecular complexity index is 384. The van der Waals surface area contributed by atoms with Crippen molar-refractivity contribution in [1.29, 1.82) is 0 Å². The summed E-state index contributed by atoms with van der Waals surface area (Å²) in [4.78, 5) is 1.94. The molecule has 1 fully saturated rings. The number of hydrogen-bond donors (Lipinski definition) is 0. The van der Waals surface area contributed by atoms with E-state index in [-0.39, 0.29) is 18.2 Å². The summed E-state index contributed by atoms with van der Waals surface area (Å²) in [6.07, 6.45) is -0.921. The minimum Gasteiger partial charge on any atom is -0.302 e. The molecule has 100 valence electrons. The predicted molar refractivity (Wildman–Crippen MR) is 60.7 cm³/mol. The molecule has 1 aromatic carbocycles. The van der Waals surface area contributed by atoms with Crippen molar-refractivity contribution in [3.05, 3.63) is 35.4 Å². The monoisotopic (exact) mass is 261 g/mol. The van der Waals surface area contributed by atoms with E-state index in [2.05, 4.69) is 0 Å². The van der Waals surface area contributed by atoms with E-state index < -0.39 is 17.8 Å². The van der Waals surface area contributed by atoms with Gasteiger partial charge in [0.15, 0.2) is 0 Å². The Kier molecular flexibility index (Phi) is 4.22. The summed E-state index contributed by atoms with van der Waals surface area (Å²) in [5.74, 6) is -1.78. The summed E-state index contributed by atoms with van der Waals surface area (Å²) in [5.41, 5.74) is 0.0441. The van der Waals surface area contributed by atoms with Gasteiger partial charge in [0.05, 0.1) is 6.67 Å². The summed E-state index contributed by atoms with van der Waals surface area (Å²) >= 11 is 0. The molecule has 1 aromatic rings. The van der Waals surface area contributed by atoms with Gasteiger partial charge in [0, 0.05) is 31.6 Å². The molecule has 1 aliphatic rings. The lowest BCUT2D eigenvalue weighted by Crippen LogP contribution is -2.48. The van der Waals surface area contributed by atoms with E-state index in [9.17, 15) is 17.6 Å². The predicted octanol–water partition coefficient (Wildman–Crippen LogP) is 3.27.